The van der Waals surface area contributed by atoms with Crippen LogP contribution in [-0.4, -0.2) is 42.4 Å². The third-order valence-electron chi connectivity index (χ3n) is 5.05. The van der Waals surface area contributed by atoms with Gasteiger partial charge < -0.3 is 15.4 Å². The van der Waals surface area contributed by atoms with Gasteiger partial charge in [-0.2, -0.15) is 5.10 Å². The second kappa shape index (κ2) is 7.91. The summed E-state index contributed by atoms with van der Waals surface area (Å²) in [6.07, 6.45) is 4.14. The second-order valence-corrected chi connectivity index (χ2v) is 7.48. The van der Waals surface area contributed by atoms with Gasteiger partial charge in [0.15, 0.2) is 0 Å². The number of carbonyl (C=O) groups excluding carboxylic acids is 1. The molecule has 0 radical (unpaired) electrons. The van der Waals surface area contributed by atoms with Crippen LogP contribution in [0.1, 0.15) is 48.8 Å². The number of carbonyl (C=O) groups is 1. The lowest BCUT2D eigenvalue weighted by molar-refractivity contribution is 0.0939. The van der Waals surface area contributed by atoms with Crippen molar-refractivity contribution in [2.75, 3.05) is 26.7 Å². The van der Waals surface area contributed by atoms with E-state index in [4.69, 9.17) is 4.74 Å². The molecule has 2 heterocycles. The van der Waals surface area contributed by atoms with Gasteiger partial charge in [0.2, 0.25) is 0 Å². The van der Waals surface area contributed by atoms with E-state index in [1.807, 2.05) is 35.1 Å². The van der Waals surface area contributed by atoms with Crippen LogP contribution in [0.25, 0.3) is 0 Å². The first kappa shape index (κ1) is 18.5. The van der Waals surface area contributed by atoms with E-state index in [1.165, 1.54) is 0 Å². The zero-order chi connectivity index (χ0) is 18.6. The average molecular weight is 356 g/mol. The van der Waals surface area contributed by atoms with Crippen LogP contribution in [0.2, 0.25) is 0 Å². The predicted octanol–water partition coefficient (Wildman–Crippen LogP) is 2.52. The minimum absolute atomic E-state index is 0.130. The number of aromatic nitrogens is 2. The average Bonchev–Trinajstić information content (AvgIpc) is 3.17. The fourth-order valence-corrected chi connectivity index (χ4v) is 3.26. The van der Waals surface area contributed by atoms with Crippen LogP contribution in [0.5, 0.6) is 5.75 Å². The van der Waals surface area contributed by atoms with Gasteiger partial charge in [-0.25, -0.2) is 0 Å². The summed E-state index contributed by atoms with van der Waals surface area (Å²) in [5.74, 6) is 0.699. The Morgan fingerprint density at radius 1 is 1.35 bits per heavy atom. The van der Waals surface area contributed by atoms with Crippen molar-refractivity contribution in [2.24, 2.45) is 0 Å². The molecule has 6 heteroatoms. The van der Waals surface area contributed by atoms with Crippen molar-refractivity contribution >= 4 is 5.91 Å². The van der Waals surface area contributed by atoms with Gasteiger partial charge in [0, 0.05) is 24.7 Å². The highest BCUT2D eigenvalue weighted by Gasteiger charge is 2.23. The smallest absolute Gasteiger partial charge is 0.271 e. The molecule has 1 atom stereocenters. The second-order valence-electron chi connectivity index (χ2n) is 7.48. The number of methoxy groups -OCH3 is 1. The van der Waals surface area contributed by atoms with Gasteiger partial charge >= 0.3 is 0 Å². The number of amides is 1. The Kier molecular flexibility index (Phi) is 5.61. The van der Waals surface area contributed by atoms with Crippen molar-refractivity contribution in [1.29, 1.82) is 0 Å². The quantitative estimate of drug-likeness (QED) is 0.835. The van der Waals surface area contributed by atoms with Gasteiger partial charge in [-0.05, 0) is 43.1 Å². The first-order chi connectivity index (χ1) is 12.5. The van der Waals surface area contributed by atoms with E-state index in [2.05, 4.69) is 29.6 Å². The molecule has 1 fully saturated rings. The van der Waals surface area contributed by atoms with Crippen molar-refractivity contribution in [3.8, 4) is 5.75 Å². The van der Waals surface area contributed by atoms with Crippen LogP contribution in [0.3, 0.4) is 0 Å². The number of nitrogens with zero attached hydrogens (tertiary/aromatic N) is 2. The third-order valence-corrected chi connectivity index (χ3v) is 5.05. The number of rotatable bonds is 6. The number of nitrogens with one attached hydrogen (secondary N) is 2. The highest BCUT2D eigenvalue weighted by Crippen LogP contribution is 2.24. The SMILES string of the molecule is COc1ccc(C(C)(C)CNC(=O)c2ccn(C3CCCNC3)n2)cc1. The van der Waals surface area contributed by atoms with Gasteiger partial charge in [0.25, 0.3) is 5.91 Å². The molecule has 0 aliphatic carbocycles. The summed E-state index contributed by atoms with van der Waals surface area (Å²) in [5, 5.41) is 10.9. The van der Waals surface area contributed by atoms with Gasteiger partial charge in [-0.1, -0.05) is 26.0 Å². The van der Waals surface area contributed by atoms with Gasteiger partial charge in [0.1, 0.15) is 11.4 Å². The lowest BCUT2D eigenvalue weighted by Gasteiger charge is -2.25. The number of benzene rings is 1. The Hall–Kier alpha value is -2.34. The topological polar surface area (TPSA) is 68.2 Å². The Morgan fingerprint density at radius 2 is 2.12 bits per heavy atom. The summed E-state index contributed by atoms with van der Waals surface area (Å²) in [6.45, 7) is 6.73. The molecule has 2 aromatic rings. The van der Waals surface area contributed by atoms with Crippen molar-refractivity contribution in [2.45, 2.75) is 38.1 Å². The maximum Gasteiger partial charge on any atom is 0.271 e. The van der Waals surface area contributed by atoms with E-state index in [0.29, 0.717) is 18.3 Å². The van der Waals surface area contributed by atoms with Gasteiger partial charge in [-0.15, -0.1) is 0 Å². The molecule has 140 valence electrons. The largest absolute Gasteiger partial charge is 0.497 e. The molecule has 1 aromatic heterocycles. The van der Waals surface area contributed by atoms with Crippen molar-refractivity contribution in [3.05, 3.63) is 47.8 Å². The standard InChI is InChI=1S/C20H28N4O2/c1-20(2,15-6-8-17(26-3)9-7-15)14-22-19(25)18-10-12-24(23-18)16-5-4-11-21-13-16/h6-10,12,16,21H,4-5,11,13-14H2,1-3H3,(H,22,25). The molecule has 1 aromatic carbocycles. The Morgan fingerprint density at radius 3 is 2.77 bits per heavy atom. The van der Waals surface area contributed by atoms with E-state index in [0.717, 1.165) is 37.2 Å². The molecular formula is C20H28N4O2. The summed E-state index contributed by atoms with van der Waals surface area (Å²) < 4.78 is 7.12. The van der Waals surface area contributed by atoms with E-state index in [9.17, 15) is 4.79 Å². The molecule has 1 aliphatic heterocycles. The molecule has 2 N–H and O–H groups in total. The lowest BCUT2D eigenvalue weighted by Crippen LogP contribution is -2.37. The highest BCUT2D eigenvalue weighted by molar-refractivity contribution is 5.92. The number of ether oxygens (including phenoxy) is 1. The van der Waals surface area contributed by atoms with Crippen LogP contribution in [0, 0.1) is 0 Å². The molecule has 0 saturated carbocycles. The maximum atomic E-state index is 12.5. The third kappa shape index (κ3) is 4.25. The molecule has 1 aliphatic rings. The minimum atomic E-state index is -0.183. The molecule has 6 nitrogen and oxygen atoms in total. The fourth-order valence-electron chi connectivity index (χ4n) is 3.26. The number of piperidine rings is 1. The minimum Gasteiger partial charge on any atom is -0.497 e. The Labute approximate surface area is 154 Å². The van der Waals surface area contributed by atoms with Crippen LogP contribution < -0.4 is 15.4 Å². The Bertz CT molecular complexity index is 731. The zero-order valence-corrected chi connectivity index (χ0v) is 15.8. The summed E-state index contributed by atoms with van der Waals surface area (Å²) in [5.41, 5.74) is 1.44. The van der Waals surface area contributed by atoms with Crippen LogP contribution in [0.4, 0.5) is 0 Å². The predicted molar refractivity (Wildman–Crippen MR) is 102 cm³/mol. The molecule has 26 heavy (non-hydrogen) atoms. The molecular weight excluding hydrogens is 328 g/mol. The number of hydrogen-bond acceptors (Lipinski definition) is 4. The number of hydrogen-bond donors (Lipinski definition) is 2. The normalized spacial score (nSPS) is 17.7. The Balaban J connectivity index is 1.59. The first-order valence-electron chi connectivity index (χ1n) is 9.18. The molecule has 1 unspecified atom stereocenters. The summed E-state index contributed by atoms with van der Waals surface area (Å²) in [7, 11) is 1.66. The monoisotopic (exact) mass is 356 g/mol. The van der Waals surface area contributed by atoms with E-state index >= 15 is 0 Å². The molecule has 1 amide bonds. The van der Waals surface area contributed by atoms with Crippen LogP contribution >= 0.6 is 0 Å². The van der Waals surface area contributed by atoms with Gasteiger partial charge in [0.05, 0.1) is 13.2 Å². The molecule has 1 saturated heterocycles. The molecule has 3 rings (SSSR count). The van der Waals surface area contributed by atoms with E-state index in [1.54, 1.807) is 13.2 Å². The lowest BCUT2D eigenvalue weighted by atomic mass is 9.84. The van der Waals surface area contributed by atoms with Gasteiger partial charge in [-0.3, -0.25) is 9.48 Å². The van der Waals surface area contributed by atoms with Crippen molar-refractivity contribution in [1.82, 2.24) is 20.4 Å². The summed E-state index contributed by atoms with van der Waals surface area (Å²) in [4.78, 5) is 12.5. The van der Waals surface area contributed by atoms with Crippen LogP contribution in [0.15, 0.2) is 36.5 Å². The summed E-state index contributed by atoms with van der Waals surface area (Å²) >= 11 is 0. The fraction of sp³-hybridized carbons (Fsp3) is 0.500. The maximum absolute atomic E-state index is 12.5. The molecule has 0 bridgehead atoms. The highest BCUT2D eigenvalue weighted by atomic mass is 16.5. The van der Waals surface area contributed by atoms with Crippen molar-refractivity contribution < 1.29 is 9.53 Å². The van der Waals surface area contributed by atoms with Crippen LogP contribution in [-0.2, 0) is 5.41 Å². The zero-order valence-electron chi connectivity index (χ0n) is 15.8. The van der Waals surface area contributed by atoms with E-state index in [-0.39, 0.29) is 11.3 Å². The molecule has 0 spiro atoms. The van der Waals surface area contributed by atoms with Crippen molar-refractivity contribution in [3.63, 3.8) is 0 Å². The summed E-state index contributed by atoms with van der Waals surface area (Å²) in [6, 6.07) is 10.1. The first-order valence-corrected chi connectivity index (χ1v) is 9.18. The van der Waals surface area contributed by atoms with E-state index < -0.39 is 0 Å².